The van der Waals surface area contributed by atoms with Gasteiger partial charge in [0, 0.05) is 8.95 Å². The average Bonchev–Trinajstić information content (AvgIpc) is 2.50. The third-order valence-electron chi connectivity index (χ3n) is 3.48. The maximum Gasteiger partial charge on any atom is 0.163 e. The highest BCUT2D eigenvalue weighted by molar-refractivity contribution is 9.11. The van der Waals surface area contributed by atoms with Gasteiger partial charge in [-0.05, 0) is 42.3 Å². The number of halogens is 2. The molecule has 0 aliphatic carbocycles. The molecule has 21 heavy (non-hydrogen) atoms. The Morgan fingerprint density at radius 2 is 1.86 bits per heavy atom. The Morgan fingerprint density at radius 1 is 1.14 bits per heavy atom. The van der Waals surface area contributed by atoms with E-state index in [-0.39, 0.29) is 0 Å². The van der Waals surface area contributed by atoms with E-state index in [4.69, 9.17) is 9.47 Å². The molecule has 0 spiro atoms. The third kappa shape index (κ3) is 2.96. The summed E-state index contributed by atoms with van der Waals surface area (Å²) in [5.41, 5.74) is 1.88. The van der Waals surface area contributed by atoms with Crippen LogP contribution in [0.1, 0.15) is 17.2 Å². The van der Waals surface area contributed by atoms with Gasteiger partial charge in [-0.3, -0.25) is 0 Å². The molecular formula is C16H14Br2O3. The maximum atomic E-state index is 10.6. The lowest BCUT2D eigenvalue weighted by Gasteiger charge is -2.30. The van der Waals surface area contributed by atoms with E-state index in [0.717, 1.165) is 20.1 Å². The topological polar surface area (TPSA) is 38.7 Å². The number of hydrogen-bond acceptors (Lipinski definition) is 3. The van der Waals surface area contributed by atoms with E-state index < -0.39 is 12.2 Å². The lowest BCUT2D eigenvalue weighted by Crippen LogP contribution is -2.35. The van der Waals surface area contributed by atoms with Crippen molar-refractivity contribution in [3.63, 3.8) is 0 Å². The van der Waals surface area contributed by atoms with Gasteiger partial charge < -0.3 is 14.6 Å². The van der Waals surface area contributed by atoms with Crippen LogP contribution in [0.15, 0.2) is 45.3 Å². The van der Waals surface area contributed by atoms with Crippen molar-refractivity contribution >= 4 is 31.9 Å². The Labute approximate surface area is 140 Å². The van der Waals surface area contributed by atoms with Gasteiger partial charge in [0.25, 0.3) is 0 Å². The van der Waals surface area contributed by atoms with Crippen molar-refractivity contribution in [3.05, 3.63) is 56.5 Å². The Hall–Kier alpha value is -1.04. The second-order valence-corrected chi connectivity index (χ2v) is 6.69. The van der Waals surface area contributed by atoms with Gasteiger partial charge in [-0.15, -0.1) is 0 Å². The van der Waals surface area contributed by atoms with Crippen LogP contribution in [-0.2, 0) is 0 Å². The maximum absolute atomic E-state index is 10.6. The van der Waals surface area contributed by atoms with E-state index >= 15 is 0 Å². The minimum atomic E-state index is -0.773. The predicted octanol–water partition coefficient (Wildman–Crippen LogP) is 4.39. The number of ether oxygens (including phenoxy) is 2. The summed E-state index contributed by atoms with van der Waals surface area (Å²) in [7, 11) is 0. The molecule has 0 bridgehead atoms. The molecule has 1 heterocycles. The minimum absolute atomic E-state index is 0.316. The summed E-state index contributed by atoms with van der Waals surface area (Å²) in [4.78, 5) is 0. The van der Waals surface area contributed by atoms with Crippen LogP contribution >= 0.6 is 31.9 Å². The normalized spacial score (nSPS) is 18.4. The third-order valence-corrected chi connectivity index (χ3v) is 5.02. The van der Waals surface area contributed by atoms with Gasteiger partial charge in [-0.25, -0.2) is 0 Å². The molecule has 0 amide bonds. The van der Waals surface area contributed by atoms with Crippen molar-refractivity contribution in [1.82, 2.24) is 0 Å². The first kappa shape index (κ1) is 14.9. The van der Waals surface area contributed by atoms with E-state index in [0.29, 0.717) is 18.1 Å². The lowest BCUT2D eigenvalue weighted by molar-refractivity contribution is -0.0116. The molecule has 3 nitrogen and oxygen atoms in total. The molecular weight excluding hydrogens is 400 g/mol. The highest BCUT2D eigenvalue weighted by Crippen LogP contribution is 2.37. The number of aryl methyl sites for hydroxylation is 1. The van der Waals surface area contributed by atoms with Crippen molar-refractivity contribution in [2.45, 2.75) is 19.1 Å². The van der Waals surface area contributed by atoms with Gasteiger partial charge in [-0.2, -0.15) is 0 Å². The number of benzene rings is 2. The van der Waals surface area contributed by atoms with Gasteiger partial charge in [-0.1, -0.05) is 44.0 Å². The highest BCUT2D eigenvalue weighted by Gasteiger charge is 2.30. The summed E-state index contributed by atoms with van der Waals surface area (Å²) in [6, 6.07) is 11.4. The van der Waals surface area contributed by atoms with Crippen molar-refractivity contribution in [2.75, 3.05) is 6.61 Å². The van der Waals surface area contributed by atoms with E-state index in [9.17, 15) is 5.11 Å². The first-order chi connectivity index (χ1) is 10.1. The fourth-order valence-corrected chi connectivity index (χ4v) is 3.33. The molecule has 2 aromatic rings. The number of aliphatic hydroxyl groups excluding tert-OH is 1. The quantitative estimate of drug-likeness (QED) is 0.793. The fourth-order valence-electron chi connectivity index (χ4n) is 2.28. The Kier molecular flexibility index (Phi) is 4.24. The molecule has 1 N–H and O–H groups in total. The number of fused-ring (bicyclic) bond motifs is 1. The standard InChI is InChI=1S/C16H14Br2O3/c1-9-6-12(18)10(7-11(9)17)16(19)15-8-20-13-4-2-3-5-14(13)21-15/h2-7,15-16,19H,8H2,1H3. The van der Waals surface area contributed by atoms with Gasteiger partial charge in [0.15, 0.2) is 17.6 Å². The number of hydrogen-bond donors (Lipinski definition) is 1. The summed E-state index contributed by atoms with van der Waals surface area (Å²) in [6.07, 6.45) is -1.21. The van der Waals surface area contributed by atoms with E-state index in [2.05, 4.69) is 31.9 Å². The van der Waals surface area contributed by atoms with Crippen molar-refractivity contribution in [1.29, 1.82) is 0 Å². The predicted molar refractivity (Wildman–Crippen MR) is 87.9 cm³/mol. The minimum Gasteiger partial charge on any atom is -0.486 e. The molecule has 1 aliphatic heterocycles. The van der Waals surface area contributed by atoms with Crippen LogP contribution in [0.2, 0.25) is 0 Å². The Balaban J connectivity index is 1.87. The van der Waals surface area contributed by atoms with E-state index in [1.807, 2.05) is 43.3 Å². The summed E-state index contributed by atoms with van der Waals surface area (Å²) in [5.74, 6) is 1.38. The van der Waals surface area contributed by atoms with Gasteiger partial charge in [0.2, 0.25) is 0 Å². The van der Waals surface area contributed by atoms with Crippen LogP contribution in [0, 0.1) is 6.92 Å². The molecule has 0 fully saturated rings. The van der Waals surface area contributed by atoms with Crippen LogP contribution in [0.25, 0.3) is 0 Å². The molecule has 5 heteroatoms. The molecule has 3 rings (SSSR count). The zero-order valence-electron chi connectivity index (χ0n) is 11.3. The summed E-state index contributed by atoms with van der Waals surface area (Å²) < 4.78 is 13.3. The monoisotopic (exact) mass is 412 g/mol. The van der Waals surface area contributed by atoms with Crippen molar-refractivity contribution < 1.29 is 14.6 Å². The van der Waals surface area contributed by atoms with E-state index in [1.165, 1.54) is 0 Å². The molecule has 1 aliphatic rings. The molecule has 0 aromatic heterocycles. The van der Waals surface area contributed by atoms with Crippen LogP contribution in [0.4, 0.5) is 0 Å². The summed E-state index contributed by atoms with van der Waals surface area (Å²) >= 11 is 7.00. The number of para-hydroxylation sites is 2. The molecule has 2 atom stereocenters. The highest BCUT2D eigenvalue weighted by atomic mass is 79.9. The van der Waals surface area contributed by atoms with Gasteiger partial charge in [0.1, 0.15) is 12.7 Å². The first-order valence-corrected chi connectivity index (χ1v) is 8.17. The zero-order chi connectivity index (χ0) is 15.0. The molecule has 2 aromatic carbocycles. The van der Waals surface area contributed by atoms with E-state index in [1.54, 1.807) is 0 Å². The van der Waals surface area contributed by atoms with Crippen LogP contribution < -0.4 is 9.47 Å². The lowest BCUT2D eigenvalue weighted by atomic mass is 10.0. The number of rotatable bonds is 2. The number of aliphatic hydroxyl groups is 1. The largest absolute Gasteiger partial charge is 0.486 e. The molecule has 0 saturated heterocycles. The second-order valence-electron chi connectivity index (χ2n) is 4.98. The smallest absolute Gasteiger partial charge is 0.163 e. The summed E-state index contributed by atoms with van der Waals surface area (Å²) in [6.45, 7) is 2.32. The van der Waals surface area contributed by atoms with Gasteiger partial charge >= 0.3 is 0 Å². The van der Waals surface area contributed by atoms with Crippen molar-refractivity contribution in [3.8, 4) is 11.5 Å². The van der Waals surface area contributed by atoms with Crippen LogP contribution in [0.5, 0.6) is 11.5 Å². The zero-order valence-corrected chi connectivity index (χ0v) is 14.5. The Morgan fingerprint density at radius 3 is 2.62 bits per heavy atom. The summed E-state index contributed by atoms with van der Waals surface area (Å²) in [5, 5.41) is 10.6. The fraction of sp³-hybridized carbons (Fsp3) is 0.250. The Bertz CT molecular complexity index is 673. The van der Waals surface area contributed by atoms with Crippen molar-refractivity contribution in [2.24, 2.45) is 0 Å². The van der Waals surface area contributed by atoms with Crippen LogP contribution in [-0.4, -0.2) is 17.8 Å². The van der Waals surface area contributed by atoms with Gasteiger partial charge in [0.05, 0.1) is 0 Å². The molecule has 0 radical (unpaired) electrons. The van der Waals surface area contributed by atoms with Crippen LogP contribution in [0.3, 0.4) is 0 Å². The SMILES string of the molecule is Cc1cc(Br)c(C(O)C2COc3ccccc3O2)cc1Br. The first-order valence-electron chi connectivity index (χ1n) is 6.58. The second kappa shape index (κ2) is 5.99. The molecule has 0 saturated carbocycles. The average molecular weight is 414 g/mol. The molecule has 110 valence electrons. The molecule has 2 unspecified atom stereocenters.